The molecular weight excluding hydrogens is 392 g/mol. The molecule has 1 saturated heterocycles. The Labute approximate surface area is 174 Å². The van der Waals surface area contributed by atoms with Crippen molar-refractivity contribution in [2.75, 3.05) is 18.0 Å². The zero-order valence-corrected chi connectivity index (χ0v) is 18.0. The second-order valence-corrected chi connectivity index (χ2v) is 9.35. The summed E-state index contributed by atoms with van der Waals surface area (Å²) in [6.07, 6.45) is 7.59. The third-order valence-electron chi connectivity index (χ3n) is 4.99. The Morgan fingerprint density at radius 1 is 1.11 bits per heavy atom. The molecule has 4 rings (SSSR count). The normalized spacial score (nSPS) is 24.1. The number of nitrogens with zero attached hydrogens (tertiary/aromatic N) is 2. The molecule has 1 aromatic rings. The fraction of sp³-hybridized carbons (Fsp3) is 0.333. The number of allylic oxidation sites excluding steroid dienone is 4. The van der Waals surface area contributed by atoms with Crippen LogP contribution in [0.2, 0.25) is 0 Å². The molecule has 3 nitrogen and oxygen atoms in total. The number of fused-ring (bicyclic) bond motifs is 1. The first-order valence-corrected chi connectivity index (χ1v) is 11.4. The van der Waals surface area contributed by atoms with Crippen LogP contribution in [0.5, 0.6) is 0 Å². The minimum Gasteiger partial charge on any atom is -0.335 e. The number of thioether (sulfide) groups is 2. The summed E-state index contributed by atoms with van der Waals surface area (Å²) in [5.74, 6) is 0.0745. The molecule has 1 amide bonds. The van der Waals surface area contributed by atoms with Crippen LogP contribution in [0.25, 0.3) is 0 Å². The molecule has 6 heteroatoms. The number of carbonyl (C=O) groups is 1. The van der Waals surface area contributed by atoms with Crippen LogP contribution in [0, 0.1) is 0 Å². The van der Waals surface area contributed by atoms with Gasteiger partial charge in [-0.15, -0.1) is 0 Å². The van der Waals surface area contributed by atoms with E-state index in [-0.39, 0.29) is 5.91 Å². The molecule has 140 valence electrons. The van der Waals surface area contributed by atoms with Crippen LogP contribution in [0.3, 0.4) is 0 Å². The Morgan fingerprint density at radius 3 is 2.63 bits per heavy atom. The molecule has 2 heterocycles. The van der Waals surface area contributed by atoms with Crippen molar-refractivity contribution in [1.29, 1.82) is 0 Å². The molecule has 0 spiro atoms. The zero-order valence-electron chi connectivity index (χ0n) is 15.5. The molecule has 0 saturated carbocycles. The van der Waals surface area contributed by atoms with Crippen LogP contribution in [0.1, 0.15) is 33.1 Å². The first-order valence-electron chi connectivity index (χ1n) is 9.35. The van der Waals surface area contributed by atoms with Gasteiger partial charge in [0.1, 0.15) is 4.32 Å². The van der Waals surface area contributed by atoms with E-state index in [1.165, 1.54) is 32.9 Å². The van der Waals surface area contributed by atoms with E-state index in [1.807, 2.05) is 18.7 Å². The molecule has 1 fully saturated rings. The molecule has 0 aromatic heterocycles. The number of hydrogen-bond donors (Lipinski definition) is 0. The average Bonchev–Trinajstić information content (AvgIpc) is 3.17. The van der Waals surface area contributed by atoms with Crippen molar-refractivity contribution in [3.8, 4) is 0 Å². The SMILES string of the molecule is CCN1C(=O)/C(=C2C=C(/C=C3\Sc4ccccc4N3CC)CCC/2)SC1=S. The van der Waals surface area contributed by atoms with E-state index >= 15 is 0 Å². The highest BCUT2D eigenvalue weighted by atomic mass is 32.2. The van der Waals surface area contributed by atoms with Gasteiger partial charge in [-0.2, -0.15) is 0 Å². The molecule has 2 aliphatic heterocycles. The lowest BCUT2D eigenvalue weighted by molar-refractivity contribution is -0.122. The Bertz CT molecular complexity index is 900. The molecular formula is C21H22N2OS3. The van der Waals surface area contributed by atoms with Crippen LogP contribution in [-0.4, -0.2) is 28.2 Å². The molecule has 27 heavy (non-hydrogen) atoms. The van der Waals surface area contributed by atoms with Crippen molar-refractivity contribution in [2.45, 2.75) is 38.0 Å². The Hall–Kier alpha value is -1.50. The van der Waals surface area contributed by atoms with E-state index in [4.69, 9.17) is 12.2 Å². The maximum Gasteiger partial charge on any atom is 0.266 e. The summed E-state index contributed by atoms with van der Waals surface area (Å²) < 4.78 is 0.683. The topological polar surface area (TPSA) is 23.6 Å². The maximum atomic E-state index is 12.6. The predicted octanol–water partition coefficient (Wildman–Crippen LogP) is 5.70. The number of para-hydroxylation sites is 1. The number of thiocarbonyl (C=S) groups is 1. The zero-order chi connectivity index (χ0) is 19.0. The maximum absolute atomic E-state index is 12.6. The minimum atomic E-state index is 0.0745. The number of carbonyl (C=O) groups excluding carboxylic acids is 1. The van der Waals surface area contributed by atoms with Gasteiger partial charge in [-0.3, -0.25) is 9.69 Å². The van der Waals surface area contributed by atoms with E-state index < -0.39 is 0 Å². The standard InChI is InChI=1S/C21H22N2OS3/c1-3-22-16-10-5-6-11-17(16)26-18(22)13-14-8-7-9-15(12-14)19-20(24)23(4-2)21(25)27-19/h5-6,10-13H,3-4,7-9H2,1-2H3/b18-13-,19-15-. The molecule has 0 N–H and O–H groups in total. The van der Waals surface area contributed by atoms with Gasteiger partial charge in [0.05, 0.1) is 15.6 Å². The number of rotatable bonds is 3. The predicted molar refractivity (Wildman–Crippen MR) is 120 cm³/mol. The summed E-state index contributed by atoms with van der Waals surface area (Å²) in [7, 11) is 0. The summed E-state index contributed by atoms with van der Waals surface area (Å²) in [6, 6.07) is 8.55. The lowest BCUT2D eigenvalue weighted by atomic mass is 9.94. The number of benzene rings is 1. The number of likely N-dealkylation sites (N-methyl/N-ethyl adjacent to an activating group) is 1. The van der Waals surface area contributed by atoms with Gasteiger partial charge in [-0.25, -0.2) is 0 Å². The lowest BCUT2D eigenvalue weighted by Gasteiger charge is -2.20. The van der Waals surface area contributed by atoms with E-state index in [1.54, 1.807) is 4.90 Å². The van der Waals surface area contributed by atoms with Crippen LogP contribution < -0.4 is 4.90 Å². The smallest absolute Gasteiger partial charge is 0.266 e. The molecule has 0 bridgehead atoms. The summed E-state index contributed by atoms with van der Waals surface area (Å²) in [5, 5.41) is 1.27. The van der Waals surface area contributed by atoms with Crippen molar-refractivity contribution in [2.24, 2.45) is 0 Å². The van der Waals surface area contributed by atoms with Gasteiger partial charge < -0.3 is 4.90 Å². The second kappa shape index (κ2) is 7.86. The van der Waals surface area contributed by atoms with Crippen LogP contribution in [0.4, 0.5) is 5.69 Å². The molecule has 0 radical (unpaired) electrons. The second-order valence-electron chi connectivity index (χ2n) is 6.64. The third kappa shape index (κ3) is 3.50. The van der Waals surface area contributed by atoms with Crippen LogP contribution >= 0.6 is 35.7 Å². The van der Waals surface area contributed by atoms with E-state index in [2.05, 4.69) is 48.2 Å². The van der Waals surface area contributed by atoms with Crippen molar-refractivity contribution in [1.82, 2.24) is 4.90 Å². The number of hydrogen-bond acceptors (Lipinski definition) is 5. The summed E-state index contributed by atoms with van der Waals surface area (Å²) in [6.45, 7) is 5.75. The van der Waals surface area contributed by atoms with Gasteiger partial charge in [0.15, 0.2) is 0 Å². The van der Waals surface area contributed by atoms with E-state index in [9.17, 15) is 4.79 Å². The van der Waals surface area contributed by atoms with Gasteiger partial charge in [0.25, 0.3) is 5.91 Å². The Morgan fingerprint density at radius 2 is 1.89 bits per heavy atom. The Kier molecular flexibility index (Phi) is 5.48. The highest BCUT2D eigenvalue weighted by Gasteiger charge is 2.33. The minimum absolute atomic E-state index is 0.0745. The van der Waals surface area contributed by atoms with Crippen molar-refractivity contribution in [3.63, 3.8) is 0 Å². The Balaban J connectivity index is 1.65. The van der Waals surface area contributed by atoms with E-state index in [0.717, 1.165) is 36.3 Å². The fourth-order valence-corrected chi connectivity index (χ4v) is 6.31. The number of anilines is 1. The van der Waals surface area contributed by atoms with E-state index in [0.29, 0.717) is 10.9 Å². The molecule has 1 aromatic carbocycles. The van der Waals surface area contributed by atoms with Gasteiger partial charge in [0.2, 0.25) is 0 Å². The van der Waals surface area contributed by atoms with Crippen molar-refractivity contribution in [3.05, 3.63) is 57.5 Å². The molecule has 0 atom stereocenters. The largest absolute Gasteiger partial charge is 0.335 e. The van der Waals surface area contributed by atoms with Gasteiger partial charge in [-0.05, 0) is 62.5 Å². The average molecular weight is 415 g/mol. The first kappa shape index (κ1) is 18.8. The quantitative estimate of drug-likeness (QED) is 0.466. The van der Waals surface area contributed by atoms with Crippen molar-refractivity contribution < 1.29 is 4.79 Å². The third-order valence-corrected chi connectivity index (χ3v) is 7.61. The van der Waals surface area contributed by atoms with Gasteiger partial charge in [0, 0.05) is 18.0 Å². The van der Waals surface area contributed by atoms with Crippen LogP contribution in [-0.2, 0) is 4.79 Å². The highest BCUT2D eigenvalue weighted by molar-refractivity contribution is 8.26. The molecule has 1 aliphatic carbocycles. The summed E-state index contributed by atoms with van der Waals surface area (Å²) in [5.41, 5.74) is 3.73. The van der Waals surface area contributed by atoms with Gasteiger partial charge >= 0.3 is 0 Å². The summed E-state index contributed by atoms with van der Waals surface area (Å²) in [4.78, 5) is 18.9. The first-order chi connectivity index (χ1) is 13.1. The molecule has 3 aliphatic rings. The highest BCUT2D eigenvalue weighted by Crippen LogP contribution is 2.46. The fourth-order valence-electron chi connectivity index (χ4n) is 3.66. The number of amides is 1. The van der Waals surface area contributed by atoms with Gasteiger partial charge in [-0.1, -0.05) is 54.0 Å². The summed E-state index contributed by atoms with van der Waals surface area (Å²) >= 11 is 8.66. The van der Waals surface area contributed by atoms with Crippen LogP contribution in [0.15, 0.2) is 62.4 Å². The molecule has 0 unspecified atom stereocenters. The van der Waals surface area contributed by atoms with Crippen molar-refractivity contribution >= 4 is 51.7 Å². The monoisotopic (exact) mass is 414 g/mol. The lowest BCUT2D eigenvalue weighted by Crippen LogP contribution is -2.27.